The maximum Gasteiger partial charge on any atom is 0.208 e. The Kier molecular flexibility index (Phi) is 3.58. The summed E-state index contributed by atoms with van der Waals surface area (Å²) in [5.41, 5.74) is 7.65. The maximum atomic E-state index is 12.3. The highest BCUT2D eigenvalue weighted by molar-refractivity contribution is 9.10. The molecule has 0 fully saturated rings. The molecule has 6 heteroatoms. The van der Waals surface area contributed by atoms with E-state index in [4.69, 9.17) is 10.2 Å². The van der Waals surface area contributed by atoms with Gasteiger partial charge in [-0.2, -0.15) is 0 Å². The van der Waals surface area contributed by atoms with E-state index in [1.165, 1.54) is 0 Å². The molecule has 0 radical (unpaired) electrons. The minimum atomic E-state index is -1.19. The van der Waals surface area contributed by atoms with Gasteiger partial charge >= 0.3 is 0 Å². The molecule has 0 spiro atoms. The molecule has 0 saturated carbocycles. The van der Waals surface area contributed by atoms with Gasteiger partial charge < -0.3 is 10.2 Å². The number of nitrogen functional groups attached to an aromatic ring is 1. The van der Waals surface area contributed by atoms with Crippen molar-refractivity contribution >= 4 is 43.5 Å². The molecule has 1 atom stereocenters. The molecule has 4 nitrogen and oxygen atoms in total. The summed E-state index contributed by atoms with van der Waals surface area (Å²) in [6.07, 6.45) is 0. The Morgan fingerprint density at radius 3 is 2.90 bits per heavy atom. The molecule has 1 unspecified atom stereocenters. The number of benzene rings is 2. The van der Waals surface area contributed by atoms with Gasteiger partial charge in [0.25, 0.3) is 0 Å². The van der Waals surface area contributed by atoms with Crippen LogP contribution in [0.2, 0.25) is 0 Å². The van der Waals surface area contributed by atoms with Crippen LogP contribution in [0.1, 0.15) is 5.89 Å². The molecule has 102 valence electrons. The third kappa shape index (κ3) is 2.76. The van der Waals surface area contributed by atoms with Crippen molar-refractivity contribution in [3.8, 4) is 0 Å². The van der Waals surface area contributed by atoms with Crippen molar-refractivity contribution in [2.75, 3.05) is 5.73 Å². The molecule has 3 rings (SSSR count). The Morgan fingerprint density at radius 1 is 1.25 bits per heavy atom. The second-order valence-electron chi connectivity index (χ2n) is 4.28. The van der Waals surface area contributed by atoms with Crippen molar-refractivity contribution in [2.45, 2.75) is 10.6 Å². The molecule has 2 N–H and O–H groups in total. The number of oxazole rings is 1. The van der Waals surface area contributed by atoms with Gasteiger partial charge in [-0.1, -0.05) is 22.0 Å². The van der Waals surface area contributed by atoms with Crippen molar-refractivity contribution in [1.82, 2.24) is 4.98 Å². The quantitative estimate of drug-likeness (QED) is 0.734. The number of hydrogen-bond donors (Lipinski definition) is 1. The highest BCUT2D eigenvalue weighted by atomic mass is 79.9. The summed E-state index contributed by atoms with van der Waals surface area (Å²) in [5, 5.41) is 0. The number of anilines is 1. The van der Waals surface area contributed by atoms with E-state index in [1.807, 2.05) is 24.3 Å². The number of fused-ring (bicyclic) bond motifs is 1. The summed E-state index contributed by atoms with van der Waals surface area (Å²) in [4.78, 5) is 5.05. The van der Waals surface area contributed by atoms with Gasteiger partial charge in [-0.3, -0.25) is 4.21 Å². The lowest BCUT2D eigenvalue weighted by molar-refractivity contribution is 0.552. The fourth-order valence-corrected chi connectivity index (χ4v) is 3.41. The van der Waals surface area contributed by atoms with E-state index in [0.717, 1.165) is 14.9 Å². The Morgan fingerprint density at radius 2 is 2.10 bits per heavy atom. The number of aromatic nitrogens is 1. The third-order valence-electron chi connectivity index (χ3n) is 2.77. The minimum Gasteiger partial charge on any atom is -0.440 e. The van der Waals surface area contributed by atoms with Crippen molar-refractivity contribution in [3.63, 3.8) is 0 Å². The van der Waals surface area contributed by atoms with E-state index in [9.17, 15) is 4.21 Å². The Labute approximate surface area is 126 Å². The first-order valence-corrected chi connectivity index (χ1v) is 8.02. The topological polar surface area (TPSA) is 69.1 Å². The normalized spacial score (nSPS) is 12.7. The summed E-state index contributed by atoms with van der Waals surface area (Å²) in [6, 6.07) is 12.7. The van der Waals surface area contributed by atoms with Gasteiger partial charge in [-0.25, -0.2) is 4.98 Å². The van der Waals surface area contributed by atoms with Crippen LogP contribution in [0, 0.1) is 0 Å². The zero-order valence-corrected chi connectivity index (χ0v) is 12.8. The molecule has 1 heterocycles. The third-order valence-corrected chi connectivity index (χ3v) is 4.55. The van der Waals surface area contributed by atoms with Gasteiger partial charge in [-0.05, 0) is 30.3 Å². The average molecular weight is 351 g/mol. The first kappa shape index (κ1) is 13.3. The second-order valence-corrected chi connectivity index (χ2v) is 6.65. The van der Waals surface area contributed by atoms with Crippen molar-refractivity contribution in [2.24, 2.45) is 0 Å². The number of hydrogen-bond acceptors (Lipinski definition) is 4. The van der Waals surface area contributed by atoms with Gasteiger partial charge in [0.15, 0.2) is 5.58 Å². The van der Waals surface area contributed by atoms with Crippen LogP contribution < -0.4 is 5.73 Å². The monoisotopic (exact) mass is 350 g/mol. The second kappa shape index (κ2) is 5.38. The van der Waals surface area contributed by atoms with Gasteiger partial charge in [-0.15, -0.1) is 0 Å². The van der Waals surface area contributed by atoms with Crippen LogP contribution in [0.3, 0.4) is 0 Å². The predicted octanol–water partition coefficient (Wildman–Crippen LogP) is 3.48. The molecule has 20 heavy (non-hydrogen) atoms. The maximum absolute atomic E-state index is 12.3. The highest BCUT2D eigenvalue weighted by Gasteiger charge is 2.11. The Bertz CT molecular complexity index is 801. The summed E-state index contributed by atoms with van der Waals surface area (Å²) in [5.74, 6) is 0.689. The largest absolute Gasteiger partial charge is 0.440 e. The molecule has 0 aliphatic rings. The molecule has 0 bridgehead atoms. The Hall–Kier alpha value is -1.66. The predicted molar refractivity (Wildman–Crippen MR) is 82.7 cm³/mol. The van der Waals surface area contributed by atoms with Crippen molar-refractivity contribution in [3.05, 3.63) is 52.8 Å². The first-order chi connectivity index (χ1) is 9.61. The zero-order valence-electron chi connectivity index (χ0n) is 10.4. The molecule has 0 aliphatic heterocycles. The molecule has 0 amide bonds. The number of nitrogens with two attached hydrogens (primary N) is 1. The van der Waals surface area contributed by atoms with Gasteiger partial charge in [0, 0.05) is 21.1 Å². The van der Waals surface area contributed by atoms with E-state index in [0.29, 0.717) is 17.2 Å². The fourth-order valence-electron chi connectivity index (χ4n) is 1.85. The van der Waals surface area contributed by atoms with E-state index < -0.39 is 10.8 Å². The lowest BCUT2D eigenvalue weighted by atomic mass is 10.3. The lowest BCUT2D eigenvalue weighted by Crippen LogP contribution is -1.96. The SMILES string of the molecule is Nc1ccc2nc(CS(=O)c3cccc(Br)c3)oc2c1. The van der Waals surface area contributed by atoms with Crippen molar-refractivity contribution < 1.29 is 8.63 Å². The minimum absolute atomic E-state index is 0.241. The first-order valence-electron chi connectivity index (χ1n) is 5.91. The summed E-state index contributed by atoms with van der Waals surface area (Å²) >= 11 is 3.36. The van der Waals surface area contributed by atoms with Crippen LogP contribution in [0.25, 0.3) is 11.1 Å². The number of halogens is 1. The van der Waals surface area contributed by atoms with Crippen LogP contribution in [0.5, 0.6) is 0 Å². The highest BCUT2D eigenvalue weighted by Crippen LogP contribution is 2.21. The summed E-state index contributed by atoms with van der Waals surface area (Å²) < 4.78 is 18.7. The average Bonchev–Trinajstić information content (AvgIpc) is 2.80. The van der Waals surface area contributed by atoms with Crippen molar-refractivity contribution in [1.29, 1.82) is 0 Å². The molecular weight excluding hydrogens is 340 g/mol. The van der Waals surface area contributed by atoms with Crippen LogP contribution in [-0.4, -0.2) is 9.19 Å². The van der Waals surface area contributed by atoms with E-state index in [2.05, 4.69) is 20.9 Å². The number of nitrogens with zero attached hydrogens (tertiary/aromatic N) is 1. The molecular formula is C14H11BrN2O2S. The zero-order chi connectivity index (χ0) is 14.1. The lowest BCUT2D eigenvalue weighted by Gasteiger charge is -1.99. The molecule has 1 aromatic heterocycles. The van der Waals surface area contributed by atoms with Crippen LogP contribution in [0.15, 0.2) is 56.2 Å². The molecule has 3 aromatic rings. The van der Waals surface area contributed by atoms with E-state index in [-0.39, 0.29) is 5.75 Å². The standard InChI is InChI=1S/C14H11BrN2O2S/c15-9-2-1-3-11(6-9)20(18)8-14-17-12-5-4-10(16)7-13(12)19-14/h1-7H,8,16H2. The fraction of sp³-hybridized carbons (Fsp3) is 0.0714. The smallest absolute Gasteiger partial charge is 0.208 e. The van der Waals surface area contributed by atoms with E-state index in [1.54, 1.807) is 18.2 Å². The van der Waals surface area contributed by atoms with E-state index >= 15 is 0 Å². The summed E-state index contributed by atoms with van der Waals surface area (Å²) in [6.45, 7) is 0. The molecule has 0 aliphatic carbocycles. The van der Waals surface area contributed by atoms with Gasteiger partial charge in [0.2, 0.25) is 5.89 Å². The molecule has 2 aromatic carbocycles. The van der Waals surface area contributed by atoms with Crippen LogP contribution >= 0.6 is 15.9 Å². The number of rotatable bonds is 3. The van der Waals surface area contributed by atoms with Crippen LogP contribution in [0.4, 0.5) is 5.69 Å². The van der Waals surface area contributed by atoms with Crippen LogP contribution in [-0.2, 0) is 16.6 Å². The summed E-state index contributed by atoms with van der Waals surface area (Å²) in [7, 11) is -1.19. The Balaban J connectivity index is 1.87. The molecule has 0 saturated heterocycles. The van der Waals surface area contributed by atoms with Gasteiger partial charge in [0.1, 0.15) is 11.3 Å². The van der Waals surface area contributed by atoms with Gasteiger partial charge in [0.05, 0.1) is 10.8 Å².